The van der Waals surface area contributed by atoms with Crippen molar-refractivity contribution in [3.05, 3.63) is 59.9 Å². The number of likely N-dealkylation sites (tertiary alicyclic amines) is 2. The molecule has 1 spiro atoms. The van der Waals surface area contributed by atoms with Gasteiger partial charge in [-0.05, 0) is 28.8 Å². The predicted molar refractivity (Wildman–Crippen MR) is 108 cm³/mol. The Kier molecular flexibility index (Phi) is 4.90. The summed E-state index contributed by atoms with van der Waals surface area (Å²) in [5, 5.41) is 9.96. The van der Waals surface area contributed by atoms with E-state index < -0.39 is 5.54 Å². The molecule has 0 unspecified atom stereocenters. The van der Waals surface area contributed by atoms with Gasteiger partial charge in [-0.25, -0.2) is 4.39 Å². The van der Waals surface area contributed by atoms with E-state index in [9.17, 15) is 19.1 Å². The highest BCUT2D eigenvalue weighted by atomic mass is 19.1. The van der Waals surface area contributed by atoms with Gasteiger partial charge >= 0.3 is 0 Å². The molecule has 152 valence electrons. The minimum absolute atomic E-state index is 0.0282. The van der Waals surface area contributed by atoms with Crippen LogP contribution in [0.4, 0.5) is 4.39 Å². The van der Waals surface area contributed by atoms with Crippen LogP contribution in [0.2, 0.25) is 0 Å². The third-order valence-corrected chi connectivity index (χ3v) is 6.33. The Bertz CT molecular complexity index is 920. The zero-order valence-corrected chi connectivity index (χ0v) is 16.6. The Labute approximate surface area is 169 Å². The fraction of sp³-hybridized carbons (Fsp3) is 0.391. The lowest BCUT2D eigenvalue weighted by Gasteiger charge is -2.70. The molecule has 0 saturated carbocycles. The largest absolute Gasteiger partial charge is 0.394 e. The number of amides is 2. The molecular weight excluding hydrogens is 371 g/mol. The summed E-state index contributed by atoms with van der Waals surface area (Å²) in [4.78, 5) is 27.9. The normalized spacial score (nSPS) is 22.2. The lowest BCUT2D eigenvalue weighted by Crippen LogP contribution is -2.85. The van der Waals surface area contributed by atoms with Gasteiger partial charge in [-0.15, -0.1) is 0 Å². The van der Waals surface area contributed by atoms with E-state index in [0.717, 1.165) is 16.7 Å². The summed E-state index contributed by atoms with van der Waals surface area (Å²) in [7, 11) is 0. The molecule has 29 heavy (non-hydrogen) atoms. The Morgan fingerprint density at radius 3 is 2.10 bits per heavy atom. The lowest BCUT2D eigenvalue weighted by molar-refractivity contribution is -0.201. The maximum Gasteiger partial charge on any atom is 0.222 e. The molecule has 2 amide bonds. The number of rotatable bonds is 4. The van der Waals surface area contributed by atoms with Crippen LogP contribution in [0.1, 0.15) is 31.7 Å². The summed E-state index contributed by atoms with van der Waals surface area (Å²) in [6, 6.07) is 14.0. The number of carbonyl (C=O) groups is 2. The Hall–Kier alpha value is -2.73. The van der Waals surface area contributed by atoms with Crippen LogP contribution in [0, 0.1) is 5.82 Å². The van der Waals surface area contributed by atoms with Crippen LogP contribution in [0.25, 0.3) is 11.1 Å². The summed E-state index contributed by atoms with van der Waals surface area (Å²) in [6.07, 6.45) is 0.441. The van der Waals surface area contributed by atoms with Crippen molar-refractivity contribution >= 4 is 11.8 Å². The average molecular weight is 396 g/mol. The second-order valence-electron chi connectivity index (χ2n) is 7.95. The molecule has 2 saturated heterocycles. The van der Waals surface area contributed by atoms with Crippen molar-refractivity contribution in [1.82, 2.24) is 9.80 Å². The fourth-order valence-corrected chi connectivity index (χ4v) is 5.06. The molecule has 1 N–H and O–H groups in total. The number of aliphatic hydroxyl groups excluding tert-OH is 1. The van der Waals surface area contributed by atoms with Gasteiger partial charge < -0.3 is 14.9 Å². The second kappa shape index (κ2) is 7.26. The van der Waals surface area contributed by atoms with E-state index in [1.165, 1.54) is 19.1 Å². The molecule has 0 bridgehead atoms. The number of aliphatic hydroxyl groups is 1. The molecule has 2 aromatic rings. The first-order chi connectivity index (χ1) is 13.9. The van der Waals surface area contributed by atoms with Gasteiger partial charge in [-0.3, -0.25) is 9.59 Å². The topological polar surface area (TPSA) is 60.9 Å². The Morgan fingerprint density at radius 2 is 1.62 bits per heavy atom. The first-order valence-corrected chi connectivity index (χ1v) is 9.95. The van der Waals surface area contributed by atoms with Crippen LogP contribution in [-0.2, 0) is 9.59 Å². The highest BCUT2D eigenvalue weighted by Crippen LogP contribution is 2.54. The van der Waals surface area contributed by atoms with E-state index in [1.807, 2.05) is 31.2 Å². The van der Waals surface area contributed by atoms with Crippen LogP contribution in [0.15, 0.2) is 48.5 Å². The smallest absolute Gasteiger partial charge is 0.222 e. The molecular formula is C23H25FN2O3. The lowest BCUT2D eigenvalue weighted by atomic mass is 9.60. The predicted octanol–water partition coefficient (Wildman–Crippen LogP) is 2.79. The zero-order valence-electron chi connectivity index (χ0n) is 16.6. The highest BCUT2D eigenvalue weighted by Gasteiger charge is 2.67. The van der Waals surface area contributed by atoms with Gasteiger partial charge in [0.2, 0.25) is 11.8 Å². The van der Waals surface area contributed by atoms with Gasteiger partial charge in [0, 0.05) is 32.4 Å². The van der Waals surface area contributed by atoms with Crippen LogP contribution < -0.4 is 0 Å². The molecule has 0 aromatic heterocycles. The van der Waals surface area contributed by atoms with Crippen molar-refractivity contribution in [3.8, 4) is 11.1 Å². The number of nitrogens with zero attached hydrogens (tertiary/aromatic N) is 2. The van der Waals surface area contributed by atoms with Crippen LogP contribution in [-0.4, -0.2) is 58.0 Å². The minimum atomic E-state index is -0.443. The average Bonchev–Trinajstić information content (AvgIpc) is 2.67. The van der Waals surface area contributed by atoms with Crippen molar-refractivity contribution in [2.45, 2.75) is 37.8 Å². The molecule has 2 atom stereocenters. The zero-order chi connectivity index (χ0) is 20.8. The summed E-state index contributed by atoms with van der Waals surface area (Å²) in [6.45, 7) is 4.23. The molecule has 2 fully saturated rings. The first kappa shape index (κ1) is 19.6. The standard InChI is InChI=1S/C23H25FN2O3/c1-3-21(29)25-13-23(14-25)22(20(12-27)26(23)15(2)28)18-6-4-16(5-7-18)17-8-10-19(24)11-9-17/h4-11,20,22,27H,3,12-14H2,1-2H3/t20-,22-/m1/s1. The van der Waals surface area contributed by atoms with E-state index >= 15 is 0 Å². The number of hydrogen-bond donors (Lipinski definition) is 1. The van der Waals surface area contributed by atoms with E-state index in [0.29, 0.717) is 19.5 Å². The van der Waals surface area contributed by atoms with E-state index in [1.54, 1.807) is 21.9 Å². The summed E-state index contributed by atoms with van der Waals surface area (Å²) in [5.74, 6) is -0.295. The summed E-state index contributed by atoms with van der Waals surface area (Å²) in [5.41, 5.74) is 2.49. The maximum atomic E-state index is 13.2. The van der Waals surface area contributed by atoms with Gasteiger partial charge in [0.1, 0.15) is 5.82 Å². The molecule has 4 rings (SSSR count). The van der Waals surface area contributed by atoms with Gasteiger partial charge in [0.25, 0.3) is 0 Å². The quantitative estimate of drug-likeness (QED) is 0.865. The third-order valence-electron chi connectivity index (χ3n) is 6.33. The molecule has 0 aliphatic carbocycles. The van der Waals surface area contributed by atoms with E-state index in [-0.39, 0.29) is 36.2 Å². The summed E-state index contributed by atoms with van der Waals surface area (Å²) < 4.78 is 13.2. The van der Waals surface area contributed by atoms with Crippen LogP contribution in [0.3, 0.4) is 0 Å². The SMILES string of the molecule is CCC(=O)N1CC2(C1)[C@H](c1ccc(-c3ccc(F)cc3)cc1)[C@@H](CO)N2C(C)=O. The number of halogens is 1. The van der Waals surface area contributed by atoms with E-state index in [2.05, 4.69) is 0 Å². The Morgan fingerprint density at radius 1 is 1.07 bits per heavy atom. The third kappa shape index (κ3) is 3.02. The number of benzene rings is 2. The van der Waals surface area contributed by atoms with Gasteiger partial charge in [-0.1, -0.05) is 43.3 Å². The van der Waals surface area contributed by atoms with Crippen LogP contribution in [0.5, 0.6) is 0 Å². The molecule has 2 heterocycles. The highest BCUT2D eigenvalue weighted by molar-refractivity contribution is 5.81. The van der Waals surface area contributed by atoms with Crippen molar-refractivity contribution in [2.75, 3.05) is 19.7 Å². The van der Waals surface area contributed by atoms with E-state index in [4.69, 9.17) is 0 Å². The van der Waals surface area contributed by atoms with Crippen molar-refractivity contribution in [2.24, 2.45) is 0 Å². The fourth-order valence-electron chi connectivity index (χ4n) is 5.06. The first-order valence-electron chi connectivity index (χ1n) is 9.95. The molecule has 0 radical (unpaired) electrons. The Balaban J connectivity index is 1.62. The second-order valence-corrected chi connectivity index (χ2v) is 7.95. The molecule has 5 nitrogen and oxygen atoms in total. The molecule has 2 aliphatic rings. The van der Waals surface area contributed by atoms with Crippen molar-refractivity contribution < 1.29 is 19.1 Å². The molecule has 6 heteroatoms. The molecule has 2 aliphatic heterocycles. The minimum Gasteiger partial charge on any atom is -0.394 e. The monoisotopic (exact) mass is 396 g/mol. The van der Waals surface area contributed by atoms with Crippen molar-refractivity contribution in [3.63, 3.8) is 0 Å². The molecule has 2 aromatic carbocycles. The van der Waals surface area contributed by atoms with Gasteiger partial charge in [0.15, 0.2) is 0 Å². The van der Waals surface area contributed by atoms with Gasteiger partial charge in [-0.2, -0.15) is 0 Å². The number of carbonyl (C=O) groups excluding carboxylic acids is 2. The van der Waals surface area contributed by atoms with Crippen molar-refractivity contribution in [1.29, 1.82) is 0 Å². The maximum absolute atomic E-state index is 13.2. The number of hydrogen-bond acceptors (Lipinski definition) is 3. The summed E-state index contributed by atoms with van der Waals surface area (Å²) >= 11 is 0. The van der Waals surface area contributed by atoms with Crippen LogP contribution >= 0.6 is 0 Å². The van der Waals surface area contributed by atoms with Gasteiger partial charge in [0.05, 0.1) is 18.2 Å².